The molecular formula is C11H9F3N4O3. The van der Waals surface area contributed by atoms with Crippen LogP contribution in [0.2, 0.25) is 0 Å². The average Bonchev–Trinajstić information content (AvgIpc) is 2.83. The van der Waals surface area contributed by atoms with Crippen molar-refractivity contribution in [2.24, 2.45) is 0 Å². The van der Waals surface area contributed by atoms with Crippen LogP contribution in [0.25, 0.3) is 11.4 Å². The second-order valence-corrected chi connectivity index (χ2v) is 4.02. The molecule has 0 aliphatic heterocycles. The zero-order valence-electron chi connectivity index (χ0n) is 10.4. The number of amides is 1. The van der Waals surface area contributed by atoms with Crippen LogP contribution in [0.15, 0.2) is 27.6 Å². The van der Waals surface area contributed by atoms with E-state index < -0.39 is 18.5 Å². The second-order valence-electron chi connectivity index (χ2n) is 4.02. The Kier molecular flexibility index (Phi) is 4.05. The fourth-order valence-electron chi connectivity index (χ4n) is 1.45. The molecule has 0 aliphatic rings. The monoisotopic (exact) mass is 302 g/mol. The number of rotatable bonds is 4. The van der Waals surface area contributed by atoms with Crippen LogP contribution < -0.4 is 10.9 Å². The minimum atomic E-state index is -4.57. The molecule has 1 amide bonds. The summed E-state index contributed by atoms with van der Waals surface area (Å²) in [6.45, 7) is -0.328. The van der Waals surface area contributed by atoms with Gasteiger partial charge in [0.1, 0.15) is 6.42 Å². The number of nitrogens with one attached hydrogen (secondary N) is 2. The summed E-state index contributed by atoms with van der Waals surface area (Å²) in [7, 11) is 0. The fraction of sp³-hybridized carbons (Fsp3) is 0.273. The Morgan fingerprint density at radius 3 is 2.86 bits per heavy atom. The summed E-state index contributed by atoms with van der Waals surface area (Å²) in [4.78, 5) is 28.4. The topological polar surface area (TPSA) is 101 Å². The molecule has 2 rings (SSSR count). The Morgan fingerprint density at radius 1 is 1.43 bits per heavy atom. The van der Waals surface area contributed by atoms with E-state index in [-0.39, 0.29) is 23.8 Å². The number of carbonyl (C=O) groups excluding carboxylic acids is 1. The first-order valence-electron chi connectivity index (χ1n) is 5.68. The summed E-state index contributed by atoms with van der Waals surface area (Å²) in [6.07, 6.45) is -4.77. The summed E-state index contributed by atoms with van der Waals surface area (Å²) in [6, 6.07) is 2.76. The zero-order chi connectivity index (χ0) is 15.5. The Balaban J connectivity index is 1.98. The van der Waals surface area contributed by atoms with E-state index >= 15 is 0 Å². The maximum absolute atomic E-state index is 12.0. The summed E-state index contributed by atoms with van der Waals surface area (Å²) in [5.74, 6) is -1.17. The van der Waals surface area contributed by atoms with Crippen molar-refractivity contribution in [3.63, 3.8) is 0 Å². The van der Waals surface area contributed by atoms with Crippen molar-refractivity contribution >= 4 is 5.91 Å². The summed E-state index contributed by atoms with van der Waals surface area (Å²) < 4.78 is 40.6. The third-order valence-corrected chi connectivity index (χ3v) is 2.30. The Hall–Kier alpha value is -2.65. The molecule has 0 atom stereocenters. The van der Waals surface area contributed by atoms with E-state index in [1.54, 1.807) is 0 Å². The molecular weight excluding hydrogens is 293 g/mol. The number of nitrogens with zero attached hydrogens (tertiary/aromatic N) is 2. The Morgan fingerprint density at radius 2 is 2.19 bits per heavy atom. The predicted molar refractivity (Wildman–Crippen MR) is 62.9 cm³/mol. The zero-order valence-corrected chi connectivity index (χ0v) is 10.4. The standard InChI is InChI=1S/C11H9F3N4O3/c12-11(13,14)4-8(20)16-5-9-17-10(18-21-9)6-1-2-15-7(19)3-6/h1-3H,4-5H2,(H,15,19)(H,16,20). The van der Waals surface area contributed by atoms with Gasteiger partial charge in [0.15, 0.2) is 0 Å². The highest BCUT2D eigenvalue weighted by Gasteiger charge is 2.31. The van der Waals surface area contributed by atoms with E-state index in [1.807, 2.05) is 5.32 Å². The van der Waals surface area contributed by atoms with Crippen LogP contribution in [0.5, 0.6) is 0 Å². The van der Waals surface area contributed by atoms with Gasteiger partial charge in [0.2, 0.25) is 23.2 Å². The van der Waals surface area contributed by atoms with E-state index in [2.05, 4.69) is 15.1 Å². The minimum absolute atomic E-state index is 0.0687. The molecule has 0 fully saturated rings. The lowest BCUT2D eigenvalue weighted by atomic mass is 10.2. The molecule has 0 saturated carbocycles. The number of hydrogen-bond donors (Lipinski definition) is 2. The summed E-state index contributed by atoms with van der Waals surface area (Å²) in [5, 5.41) is 5.58. The molecule has 2 N–H and O–H groups in total. The molecule has 0 radical (unpaired) electrons. The van der Waals surface area contributed by atoms with Crippen molar-refractivity contribution in [1.29, 1.82) is 0 Å². The van der Waals surface area contributed by atoms with Gasteiger partial charge in [-0.15, -0.1) is 0 Å². The first-order chi connectivity index (χ1) is 9.83. The van der Waals surface area contributed by atoms with Crippen LogP contribution in [0, 0.1) is 0 Å². The highest BCUT2D eigenvalue weighted by Crippen LogP contribution is 2.19. The van der Waals surface area contributed by atoms with Gasteiger partial charge < -0.3 is 14.8 Å². The van der Waals surface area contributed by atoms with Crippen molar-refractivity contribution < 1.29 is 22.5 Å². The summed E-state index contributed by atoms with van der Waals surface area (Å²) in [5.41, 5.74) is 0.0210. The maximum Gasteiger partial charge on any atom is 0.397 e. The van der Waals surface area contributed by atoms with Crippen molar-refractivity contribution in [3.05, 3.63) is 34.6 Å². The van der Waals surface area contributed by atoms with Crippen LogP contribution in [-0.4, -0.2) is 27.2 Å². The number of pyridine rings is 1. The molecule has 0 bridgehead atoms. The Labute approximate surface area is 115 Å². The number of H-pyrrole nitrogens is 1. The first-order valence-corrected chi connectivity index (χ1v) is 5.68. The van der Waals surface area contributed by atoms with Gasteiger partial charge in [0, 0.05) is 17.8 Å². The first kappa shape index (κ1) is 14.8. The van der Waals surface area contributed by atoms with E-state index in [0.29, 0.717) is 5.56 Å². The number of aromatic amines is 1. The molecule has 2 aromatic rings. The van der Waals surface area contributed by atoms with E-state index in [4.69, 9.17) is 4.52 Å². The second kappa shape index (κ2) is 5.77. The van der Waals surface area contributed by atoms with Crippen molar-refractivity contribution in [3.8, 4) is 11.4 Å². The largest absolute Gasteiger partial charge is 0.397 e. The number of hydrogen-bond acceptors (Lipinski definition) is 5. The molecule has 0 unspecified atom stereocenters. The maximum atomic E-state index is 12.0. The molecule has 0 saturated heterocycles. The quantitative estimate of drug-likeness (QED) is 0.877. The fourth-order valence-corrected chi connectivity index (χ4v) is 1.45. The van der Waals surface area contributed by atoms with Crippen LogP contribution >= 0.6 is 0 Å². The molecule has 10 heteroatoms. The molecule has 0 aromatic carbocycles. The molecule has 7 nitrogen and oxygen atoms in total. The number of aromatic nitrogens is 3. The normalized spacial score (nSPS) is 11.4. The molecule has 112 valence electrons. The molecule has 2 heterocycles. The smallest absolute Gasteiger partial charge is 0.347 e. The molecule has 0 spiro atoms. The van der Waals surface area contributed by atoms with Gasteiger partial charge in [0.05, 0.1) is 6.54 Å². The van der Waals surface area contributed by atoms with E-state index in [9.17, 15) is 22.8 Å². The lowest BCUT2D eigenvalue weighted by molar-refractivity contribution is -0.153. The van der Waals surface area contributed by atoms with E-state index in [1.165, 1.54) is 18.3 Å². The van der Waals surface area contributed by atoms with Gasteiger partial charge in [-0.2, -0.15) is 18.2 Å². The van der Waals surface area contributed by atoms with Crippen LogP contribution in [0.4, 0.5) is 13.2 Å². The third-order valence-electron chi connectivity index (χ3n) is 2.30. The van der Waals surface area contributed by atoms with Crippen molar-refractivity contribution in [2.45, 2.75) is 19.1 Å². The third kappa shape index (κ3) is 4.44. The van der Waals surface area contributed by atoms with Gasteiger partial charge >= 0.3 is 6.18 Å². The van der Waals surface area contributed by atoms with Gasteiger partial charge in [-0.25, -0.2) is 0 Å². The number of carbonyl (C=O) groups is 1. The van der Waals surface area contributed by atoms with Gasteiger partial charge in [-0.3, -0.25) is 9.59 Å². The highest BCUT2D eigenvalue weighted by molar-refractivity contribution is 5.76. The Bertz CT molecular complexity index is 692. The summed E-state index contributed by atoms with van der Waals surface area (Å²) >= 11 is 0. The highest BCUT2D eigenvalue weighted by atomic mass is 19.4. The van der Waals surface area contributed by atoms with Crippen LogP contribution in [-0.2, 0) is 11.3 Å². The minimum Gasteiger partial charge on any atom is -0.347 e. The van der Waals surface area contributed by atoms with Gasteiger partial charge in [-0.05, 0) is 6.07 Å². The van der Waals surface area contributed by atoms with Crippen LogP contribution in [0.1, 0.15) is 12.3 Å². The number of halogens is 3. The van der Waals surface area contributed by atoms with E-state index in [0.717, 1.165) is 0 Å². The van der Waals surface area contributed by atoms with Gasteiger partial charge in [-0.1, -0.05) is 5.16 Å². The molecule has 21 heavy (non-hydrogen) atoms. The lowest BCUT2D eigenvalue weighted by Gasteiger charge is -2.05. The van der Waals surface area contributed by atoms with Crippen molar-refractivity contribution in [2.75, 3.05) is 0 Å². The van der Waals surface area contributed by atoms with Crippen molar-refractivity contribution in [1.82, 2.24) is 20.4 Å². The number of alkyl halides is 3. The molecule has 0 aliphatic carbocycles. The lowest BCUT2D eigenvalue weighted by Crippen LogP contribution is -2.28. The van der Waals surface area contributed by atoms with Crippen LogP contribution in [0.3, 0.4) is 0 Å². The average molecular weight is 302 g/mol. The van der Waals surface area contributed by atoms with Gasteiger partial charge in [0.25, 0.3) is 0 Å². The predicted octanol–water partition coefficient (Wildman–Crippen LogP) is 0.993. The SMILES string of the molecule is O=C(CC(F)(F)F)NCc1nc(-c2cc[nH]c(=O)c2)no1. The molecule has 2 aromatic heterocycles.